The summed E-state index contributed by atoms with van der Waals surface area (Å²) in [7, 11) is -3.19. The lowest BCUT2D eigenvalue weighted by molar-refractivity contribution is 0.470. The van der Waals surface area contributed by atoms with Crippen LogP contribution >= 0.6 is 11.3 Å². The second-order valence-corrected chi connectivity index (χ2v) is 7.29. The fourth-order valence-electron chi connectivity index (χ4n) is 1.62. The molecule has 0 aliphatic carbocycles. The number of sulfonamides is 1. The van der Waals surface area contributed by atoms with Gasteiger partial charge in [-0.2, -0.15) is 0 Å². The third-order valence-corrected chi connectivity index (χ3v) is 4.73. The molecule has 1 aromatic heterocycles. The number of nitrogens with one attached hydrogen (secondary N) is 1. The molecule has 98 valence electrons. The van der Waals surface area contributed by atoms with E-state index in [2.05, 4.69) is 23.6 Å². The lowest BCUT2D eigenvalue weighted by atomic mass is 10.1. The van der Waals surface area contributed by atoms with E-state index in [-0.39, 0.29) is 11.8 Å². The van der Waals surface area contributed by atoms with Gasteiger partial charge in [0.1, 0.15) is 5.01 Å². The van der Waals surface area contributed by atoms with Crippen molar-refractivity contribution in [1.82, 2.24) is 9.71 Å². The topological polar surface area (TPSA) is 59.1 Å². The number of nitrogens with zero attached hydrogens (tertiary/aromatic N) is 1. The number of aromatic nitrogens is 1. The van der Waals surface area contributed by atoms with Crippen LogP contribution in [0.25, 0.3) is 0 Å². The summed E-state index contributed by atoms with van der Waals surface area (Å²) in [6, 6.07) is -0.188. The number of hydrogen-bond donors (Lipinski definition) is 1. The highest BCUT2D eigenvalue weighted by Crippen LogP contribution is 2.23. The predicted molar refractivity (Wildman–Crippen MR) is 71.5 cm³/mol. The molecular formula is C11H20N2O2S2. The summed E-state index contributed by atoms with van der Waals surface area (Å²) in [6.07, 6.45) is 3.11. The van der Waals surface area contributed by atoms with Crippen LogP contribution in [0.2, 0.25) is 0 Å². The van der Waals surface area contributed by atoms with E-state index in [1.54, 1.807) is 6.20 Å². The van der Waals surface area contributed by atoms with Gasteiger partial charge in [-0.15, -0.1) is 11.3 Å². The minimum Gasteiger partial charge on any atom is -0.248 e. The van der Waals surface area contributed by atoms with Crippen molar-refractivity contribution >= 4 is 21.4 Å². The van der Waals surface area contributed by atoms with Crippen LogP contribution in [0.4, 0.5) is 0 Å². The summed E-state index contributed by atoms with van der Waals surface area (Å²) in [6.45, 7) is 6.02. The first-order valence-electron chi connectivity index (χ1n) is 5.84. The van der Waals surface area contributed by atoms with Crippen molar-refractivity contribution in [3.63, 3.8) is 0 Å². The van der Waals surface area contributed by atoms with Crippen molar-refractivity contribution in [1.29, 1.82) is 0 Å². The molecule has 4 nitrogen and oxygen atoms in total. The third-order valence-electron chi connectivity index (χ3n) is 2.25. The predicted octanol–water partition coefficient (Wildman–Crippen LogP) is 2.56. The van der Waals surface area contributed by atoms with Gasteiger partial charge in [-0.3, -0.25) is 0 Å². The molecule has 0 spiro atoms. The van der Waals surface area contributed by atoms with Gasteiger partial charge in [0.25, 0.3) is 0 Å². The molecule has 0 saturated heterocycles. The van der Waals surface area contributed by atoms with Gasteiger partial charge in [-0.1, -0.05) is 20.8 Å². The van der Waals surface area contributed by atoms with Gasteiger partial charge in [0.05, 0.1) is 11.8 Å². The van der Waals surface area contributed by atoms with Crippen molar-refractivity contribution in [3.05, 3.63) is 16.6 Å². The fourth-order valence-corrected chi connectivity index (χ4v) is 3.70. The number of rotatable bonds is 7. The average molecular weight is 276 g/mol. The van der Waals surface area contributed by atoms with Crippen molar-refractivity contribution in [2.45, 2.75) is 39.7 Å². The van der Waals surface area contributed by atoms with Gasteiger partial charge in [0, 0.05) is 11.6 Å². The summed E-state index contributed by atoms with van der Waals surface area (Å²) >= 11 is 1.49. The molecule has 0 aliphatic rings. The monoisotopic (exact) mass is 276 g/mol. The maximum absolute atomic E-state index is 11.8. The quantitative estimate of drug-likeness (QED) is 0.832. The largest absolute Gasteiger partial charge is 0.248 e. The van der Waals surface area contributed by atoms with Crippen molar-refractivity contribution in [2.24, 2.45) is 5.92 Å². The van der Waals surface area contributed by atoms with E-state index in [0.29, 0.717) is 12.3 Å². The Labute approximate surface area is 108 Å². The van der Waals surface area contributed by atoms with Crippen LogP contribution < -0.4 is 4.72 Å². The van der Waals surface area contributed by atoms with E-state index >= 15 is 0 Å². The van der Waals surface area contributed by atoms with E-state index in [0.717, 1.165) is 11.4 Å². The summed E-state index contributed by atoms with van der Waals surface area (Å²) < 4.78 is 26.3. The average Bonchev–Trinajstić information content (AvgIpc) is 2.67. The van der Waals surface area contributed by atoms with Crippen LogP contribution in [0.5, 0.6) is 0 Å². The number of thiazole rings is 1. The molecule has 1 rings (SSSR count). The standard InChI is InChI=1S/C11H20N2O2S2/c1-4-7-17(14,15)13-10(8-9(2)3)11-12-5-6-16-11/h5-6,9-10,13H,4,7-8H2,1-3H3. The Morgan fingerprint density at radius 3 is 2.65 bits per heavy atom. The molecule has 6 heteroatoms. The zero-order valence-corrected chi connectivity index (χ0v) is 12.1. The lowest BCUT2D eigenvalue weighted by Gasteiger charge is -2.18. The summed E-state index contributed by atoms with van der Waals surface area (Å²) in [4.78, 5) is 4.21. The molecule has 0 aromatic carbocycles. The maximum atomic E-state index is 11.8. The first-order valence-corrected chi connectivity index (χ1v) is 8.37. The second kappa shape index (κ2) is 6.47. The highest BCUT2D eigenvalue weighted by atomic mass is 32.2. The highest BCUT2D eigenvalue weighted by molar-refractivity contribution is 7.89. The van der Waals surface area contributed by atoms with E-state index in [1.165, 1.54) is 11.3 Å². The van der Waals surface area contributed by atoms with Gasteiger partial charge in [-0.05, 0) is 18.8 Å². The third kappa shape index (κ3) is 5.14. The van der Waals surface area contributed by atoms with Crippen molar-refractivity contribution in [3.8, 4) is 0 Å². The molecule has 0 saturated carbocycles. The Morgan fingerprint density at radius 1 is 1.47 bits per heavy atom. The molecule has 0 bridgehead atoms. The Balaban J connectivity index is 2.78. The Kier molecular flexibility index (Phi) is 5.55. The minimum atomic E-state index is -3.19. The van der Waals surface area contributed by atoms with Gasteiger partial charge in [0.2, 0.25) is 10.0 Å². The SMILES string of the molecule is CCCS(=O)(=O)NC(CC(C)C)c1nccs1. The van der Waals surface area contributed by atoms with Crippen LogP contribution in [0.15, 0.2) is 11.6 Å². The minimum absolute atomic E-state index is 0.174. The first-order chi connectivity index (χ1) is 7.94. The highest BCUT2D eigenvalue weighted by Gasteiger charge is 2.21. The van der Waals surface area contributed by atoms with Crippen LogP contribution in [0.1, 0.15) is 44.7 Å². The maximum Gasteiger partial charge on any atom is 0.212 e. The molecule has 17 heavy (non-hydrogen) atoms. The van der Waals surface area contributed by atoms with E-state index in [4.69, 9.17) is 0 Å². The van der Waals surface area contributed by atoms with Crippen LogP contribution in [-0.4, -0.2) is 19.2 Å². The summed E-state index contributed by atoms with van der Waals surface area (Å²) in [5, 5.41) is 2.72. The molecule has 0 radical (unpaired) electrons. The van der Waals surface area contributed by atoms with Crippen LogP contribution in [-0.2, 0) is 10.0 Å². The molecular weight excluding hydrogens is 256 g/mol. The first kappa shape index (κ1) is 14.6. The van der Waals surface area contributed by atoms with Gasteiger partial charge < -0.3 is 0 Å². The fraction of sp³-hybridized carbons (Fsp3) is 0.727. The smallest absolute Gasteiger partial charge is 0.212 e. The van der Waals surface area contributed by atoms with Gasteiger partial charge >= 0.3 is 0 Å². The normalized spacial score (nSPS) is 14.1. The molecule has 1 aromatic rings. The van der Waals surface area contributed by atoms with Crippen LogP contribution in [0.3, 0.4) is 0 Å². The van der Waals surface area contributed by atoms with E-state index in [9.17, 15) is 8.42 Å². The summed E-state index contributed by atoms with van der Waals surface area (Å²) in [5.74, 6) is 0.598. The zero-order valence-electron chi connectivity index (χ0n) is 10.5. The molecule has 1 N–H and O–H groups in total. The van der Waals surface area contributed by atoms with Gasteiger partial charge in [-0.25, -0.2) is 18.1 Å². The van der Waals surface area contributed by atoms with Crippen molar-refractivity contribution < 1.29 is 8.42 Å². The molecule has 1 heterocycles. The molecule has 0 amide bonds. The lowest BCUT2D eigenvalue weighted by Crippen LogP contribution is -2.31. The molecule has 1 unspecified atom stereocenters. The molecule has 0 fully saturated rings. The van der Waals surface area contributed by atoms with Crippen LogP contribution in [0, 0.1) is 5.92 Å². The van der Waals surface area contributed by atoms with E-state index < -0.39 is 10.0 Å². The molecule has 0 aliphatic heterocycles. The Morgan fingerprint density at radius 2 is 2.18 bits per heavy atom. The van der Waals surface area contributed by atoms with Gasteiger partial charge in [0.15, 0.2) is 0 Å². The van der Waals surface area contributed by atoms with Crippen molar-refractivity contribution in [2.75, 3.05) is 5.75 Å². The second-order valence-electron chi connectivity index (χ2n) is 4.49. The zero-order chi connectivity index (χ0) is 12.9. The summed E-state index contributed by atoms with van der Waals surface area (Å²) in [5.41, 5.74) is 0. The Bertz CT molecular complexity index is 413. The van der Waals surface area contributed by atoms with E-state index in [1.807, 2.05) is 12.3 Å². The molecule has 1 atom stereocenters. The number of hydrogen-bond acceptors (Lipinski definition) is 4. The Hall–Kier alpha value is -0.460.